The summed E-state index contributed by atoms with van der Waals surface area (Å²) in [6.07, 6.45) is 8.95. The van der Waals surface area contributed by atoms with Gasteiger partial charge in [0, 0.05) is 12.4 Å². The van der Waals surface area contributed by atoms with Crippen LogP contribution in [0, 0.1) is 5.92 Å². The Kier molecular flexibility index (Phi) is 8.89. The molecular formula is C15H27N3. The lowest BCUT2D eigenvalue weighted by Crippen LogP contribution is -2.15. The number of hydrogen-bond donors (Lipinski definition) is 1. The summed E-state index contributed by atoms with van der Waals surface area (Å²) in [4.78, 5) is 8.69. The van der Waals surface area contributed by atoms with Gasteiger partial charge in [0.25, 0.3) is 0 Å². The fourth-order valence-electron chi connectivity index (χ4n) is 1.19. The molecule has 3 nitrogen and oxygen atoms in total. The fraction of sp³-hybridized carbons (Fsp3) is 0.600. The van der Waals surface area contributed by atoms with Crippen molar-refractivity contribution in [3.05, 3.63) is 23.5 Å². The molecular weight excluding hydrogens is 222 g/mol. The molecule has 0 aromatic rings. The highest BCUT2D eigenvalue weighted by molar-refractivity contribution is 5.98. The SMILES string of the molecule is CCC/C=C/N=C(N)C(N=CC(C)CC)=C(C)C. The quantitative estimate of drug-likeness (QED) is 0.536. The van der Waals surface area contributed by atoms with Gasteiger partial charge in [0.05, 0.1) is 0 Å². The second-order valence-corrected chi connectivity index (χ2v) is 4.70. The van der Waals surface area contributed by atoms with Gasteiger partial charge in [-0.2, -0.15) is 0 Å². The fourth-order valence-corrected chi connectivity index (χ4v) is 1.19. The number of nitrogens with two attached hydrogens (primary N) is 1. The minimum absolute atomic E-state index is 0.461. The van der Waals surface area contributed by atoms with Crippen LogP contribution in [0.5, 0.6) is 0 Å². The molecule has 0 saturated heterocycles. The average molecular weight is 249 g/mol. The van der Waals surface area contributed by atoms with Gasteiger partial charge >= 0.3 is 0 Å². The molecule has 0 spiro atoms. The van der Waals surface area contributed by atoms with Crippen LogP contribution in [0.25, 0.3) is 0 Å². The van der Waals surface area contributed by atoms with Gasteiger partial charge in [-0.3, -0.25) is 4.99 Å². The zero-order chi connectivity index (χ0) is 14.0. The zero-order valence-electron chi connectivity index (χ0n) is 12.4. The smallest absolute Gasteiger partial charge is 0.149 e. The van der Waals surface area contributed by atoms with Crippen LogP contribution in [0.4, 0.5) is 0 Å². The average Bonchev–Trinajstić information content (AvgIpc) is 2.34. The van der Waals surface area contributed by atoms with Gasteiger partial charge in [0.1, 0.15) is 11.5 Å². The van der Waals surface area contributed by atoms with Crippen LogP contribution in [0.1, 0.15) is 53.9 Å². The lowest BCUT2D eigenvalue weighted by atomic mass is 10.1. The van der Waals surface area contributed by atoms with E-state index >= 15 is 0 Å². The normalized spacial score (nSPS) is 14.4. The highest BCUT2D eigenvalue weighted by Gasteiger charge is 2.02. The Bertz CT molecular complexity index is 345. The Balaban J connectivity index is 4.83. The first-order chi connectivity index (χ1) is 8.52. The van der Waals surface area contributed by atoms with Crippen molar-refractivity contribution in [3.8, 4) is 0 Å². The number of rotatable bonds is 7. The Morgan fingerprint density at radius 1 is 1.28 bits per heavy atom. The van der Waals surface area contributed by atoms with Crippen LogP contribution in [-0.2, 0) is 0 Å². The second-order valence-electron chi connectivity index (χ2n) is 4.70. The van der Waals surface area contributed by atoms with Gasteiger partial charge in [-0.25, -0.2) is 4.99 Å². The Labute approximate surface area is 112 Å². The Morgan fingerprint density at radius 2 is 1.94 bits per heavy atom. The number of hydrogen-bond acceptors (Lipinski definition) is 2. The molecule has 0 radical (unpaired) electrons. The molecule has 1 atom stereocenters. The molecule has 0 aromatic carbocycles. The van der Waals surface area contributed by atoms with E-state index in [1.54, 1.807) is 6.20 Å². The maximum Gasteiger partial charge on any atom is 0.149 e. The van der Waals surface area contributed by atoms with E-state index < -0.39 is 0 Å². The Morgan fingerprint density at radius 3 is 2.44 bits per heavy atom. The van der Waals surface area contributed by atoms with Crippen molar-refractivity contribution in [3.63, 3.8) is 0 Å². The topological polar surface area (TPSA) is 50.7 Å². The third-order valence-electron chi connectivity index (χ3n) is 2.59. The van der Waals surface area contributed by atoms with Gasteiger partial charge in [-0.15, -0.1) is 0 Å². The predicted molar refractivity (Wildman–Crippen MR) is 82.0 cm³/mol. The van der Waals surface area contributed by atoms with Gasteiger partial charge < -0.3 is 5.73 Å². The molecule has 18 heavy (non-hydrogen) atoms. The van der Waals surface area contributed by atoms with Crippen LogP contribution >= 0.6 is 0 Å². The minimum atomic E-state index is 0.461. The molecule has 0 amide bonds. The monoisotopic (exact) mass is 249 g/mol. The van der Waals surface area contributed by atoms with Crippen LogP contribution in [-0.4, -0.2) is 12.1 Å². The highest BCUT2D eigenvalue weighted by Crippen LogP contribution is 2.07. The maximum absolute atomic E-state index is 5.96. The number of unbranched alkanes of at least 4 members (excludes halogenated alkanes) is 1. The minimum Gasteiger partial charge on any atom is -0.382 e. The molecule has 0 heterocycles. The predicted octanol–water partition coefficient (Wildman–Crippen LogP) is 4.07. The molecule has 0 aromatic heterocycles. The lowest BCUT2D eigenvalue weighted by molar-refractivity contribution is 0.754. The van der Waals surface area contributed by atoms with E-state index in [1.165, 1.54) is 0 Å². The van der Waals surface area contributed by atoms with Crippen LogP contribution in [0.15, 0.2) is 33.5 Å². The standard InChI is InChI=1S/C15H27N3/c1-6-8-9-10-17-15(16)14(12(3)4)18-11-13(5)7-2/h9-11,13H,6-8H2,1-5H3,(H2,16,17)/b10-9+,18-11?. The van der Waals surface area contributed by atoms with Crippen LogP contribution in [0.2, 0.25) is 0 Å². The summed E-state index contributed by atoms with van der Waals surface area (Å²) < 4.78 is 0. The van der Waals surface area contributed by atoms with E-state index in [0.29, 0.717) is 11.8 Å². The van der Waals surface area contributed by atoms with E-state index in [1.807, 2.05) is 26.1 Å². The lowest BCUT2D eigenvalue weighted by Gasteiger charge is -2.05. The summed E-state index contributed by atoms with van der Waals surface area (Å²) in [6.45, 7) is 10.4. The van der Waals surface area contributed by atoms with Crippen LogP contribution < -0.4 is 5.73 Å². The highest BCUT2D eigenvalue weighted by atomic mass is 14.9. The van der Waals surface area contributed by atoms with Gasteiger partial charge in [0.2, 0.25) is 0 Å². The first-order valence-corrected chi connectivity index (χ1v) is 6.73. The Hall–Kier alpha value is -1.38. The molecule has 0 saturated carbocycles. The van der Waals surface area contributed by atoms with E-state index in [4.69, 9.17) is 5.73 Å². The van der Waals surface area contributed by atoms with Gasteiger partial charge in [-0.05, 0) is 38.2 Å². The van der Waals surface area contributed by atoms with Crippen molar-refractivity contribution in [1.82, 2.24) is 0 Å². The molecule has 0 aliphatic heterocycles. The van der Waals surface area contributed by atoms with Gasteiger partial charge in [0.15, 0.2) is 0 Å². The molecule has 2 N–H and O–H groups in total. The third-order valence-corrected chi connectivity index (χ3v) is 2.59. The number of aliphatic imine (C=N–C) groups is 2. The van der Waals surface area contributed by atoms with Crippen molar-refractivity contribution >= 4 is 12.1 Å². The third kappa shape index (κ3) is 7.05. The molecule has 0 rings (SSSR count). The molecule has 0 bridgehead atoms. The van der Waals surface area contributed by atoms with E-state index in [9.17, 15) is 0 Å². The van der Waals surface area contributed by atoms with E-state index in [2.05, 4.69) is 30.8 Å². The first kappa shape index (κ1) is 16.6. The number of amidine groups is 1. The van der Waals surface area contributed by atoms with Crippen molar-refractivity contribution in [2.75, 3.05) is 0 Å². The molecule has 3 heteroatoms. The largest absolute Gasteiger partial charge is 0.382 e. The summed E-state index contributed by atoms with van der Waals surface area (Å²) in [5.74, 6) is 0.949. The van der Waals surface area contributed by atoms with Crippen molar-refractivity contribution in [2.24, 2.45) is 21.6 Å². The maximum atomic E-state index is 5.96. The molecule has 0 aliphatic rings. The summed E-state index contributed by atoms with van der Waals surface area (Å²) in [5.41, 5.74) is 7.83. The van der Waals surface area contributed by atoms with E-state index in [-0.39, 0.29) is 0 Å². The summed E-state index contributed by atoms with van der Waals surface area (Å²) in [6, 6.07) is 0. The van der Waals surface area contributed by atoms with Gasteiger partial charge in [-0.1, -0.05) is 33.3 Å². The van der Waals surface area contributed by atoms with Crippen molar-refractivity contribution in [1.29, 1.82) is 0 Å². The molecule has 0 fully saturated rings. The van der Waals surface area contributed by atoms with Crippen LogP contribution in [0.3, 0.4) is 0 Å². The summed E-state index contributed by atoms with van der Waals surface area (Å²) in [7, 11) is 0. The number of allylic oxidation sites excluding steroid dienone is 2. The molecule has 0 aliphatic carbocycles. The van der Waals surface area contributed by atoms with Crippen molar-refractivity contribution in [2.45, 2.75) is 53.9 Å². The first-order valence-electron chi connectivity index (χ1n) is 6.73. The number of nitrogens with zero attached hydrogens (tertiary/aromatic N) is 2. The zero-order valence-corrected chi connectivity index (χ0v) is 12.4. The summed E-state index contributed by atoms with van der Waals surface area (Å²) in [5, 5.41) is 0. The second kappa shape index (κ2) is 9.63. The summed E-state index contributed by atoms with van der Waals surface area (Å²) >= 11 is 0. The molecule has 102 valence electrons. The molecule has 1 unspecified atom stereocenters. The van der Waals surface area contributed by atoms with E-state index in [0.717, 1.165) is 30.5 Å². The van der Waals surface area contributed by atoms with Crippen molar-refractivity contribution < 1.29 is 0 Å².